The molecule has 2 bridgehead atoms. The average Bonchev–Trinajstić information content (AvgIpc) is 1.74. The molecule has 4 aliphatic rings. The molecule has 4 aromatic heterocycles. The number of nitrogens with one attached hydrogen (secondary N) is 1. The lowest BCUT2D eigenvalue weighted by Crippen LogP contribution is -2.61. The first-order chi connectivity index (χ1) is 59.4. The number of cyclic esters (lactones) is 1. The van der Waals surface area contributed by atoms with Crippen LogP contribution in [0.3, 0.4) is 0 Å². The van der Waals surface area contributed by atoms with Crippen LogP contribution in [0.5, 0.6) is 0 Å². The van der Waals surface area contributed by atoms with Crippen molar-refractivity contribution in [2.45, 2.75) is 226 Å². The van der Waals surface area contributed by atoms with Crippen molar-refractivity contribution in [1.82, 2.24) is 49.9 Å². The number of hydrogen-bond acceptors (Lipinski definition) is 31. The lowest BCUT2D eigenvalue weighted by molar-refractivity contribution is -0.265. The highest BCUT2D eigenvalue weighted by Gasteiger charge is 2.53. The summed E-state index contributed by atoms with van der Waals surface area (Å²) in [5, 5.41) is 57.1. The molecule has 5 aromatic rings. The van der Waals surface area contributed by atoms with Gasteiger partial charge in [0.15, 0.2) is 17.8 Å². The molecule has 16 atom stereocenters. The van der Waals surface area contributed by atoms with Gasteiger partial charge in [-0.2, -0.15) is 10.1 Å². The third-order valence-corrected chi connectivity index (χ3v) is 23.3. The Morgan fingerprint density at radius 2 is 1.48 bits per heavy atom. The number of aliphatic hydroxyl groups excluding tert-OH is 2. The summed E-state index contributed by atoms with van der Waals surface area (Å²) >= 11 is 0. The molecule has 1 aromatic carbocycles. The number of anilines is 2. The summed E-state index contributed by atoms with van der Waals surface area (Å²) in [6.45, 7) is 22.1. The summed E-state index contributed by atoms with van der Waals surface area (Å²) in [5.74, 6) is -6.52. The van der Waals surface area contributed by atoms with Crippen LogP contribution in [0.15, 0.2) is 87.9 Å². The first-order valence-corrected chi connectivity index (χ1v) is 43.7. The van der Waals surface area contributed by atoms with Gasteiger partial charge in [0.1, 0.15) is 60.0 Å². The van der Waals surface area contributed by atoms with E-state index in [1.165, 1.54) is 18.3 Å². The number of oxime groups is 1. The summed E-state index contributed by atoms with van der Waals surface area (Å²) < 4.78 is 85.7. The number of piperidine rings is 1. The van der Waals surface area contributed by atoms with E-state index in [1.54, 1.807) is 42.8 Å². The number of fused-ring (bicyclic) bond motifs is 5. The molecular formula is C88H135N13O22. The molecule has 0 spiro atoms. The van der Waals surface area contributed by atoms with Crippen molar-refractivity contribution in [2.24, 2.45) is 40.7 Å². The molecule has 1 saturated carbocycles. The predicted molar refractivity (Wildman–Crippen MR) is 458 cm³/mol. The first kappa shape index (κ1) is 98.7. The van der Waals surface area contributed by atoms with Crippen LogP contribution in [0.25, 0.3) is 33.4 Å². The maximum Gasteiger partial charge on any atom is 0.329 e. The first-order valence-electron chi connectivity index (χ1n) is 43.7. The highest BCUT2D eigenvalue weighted by molar-refractivity contribution is 6.39. The Kier molecular flexibility index (Phi) is 41.3. The number of methoxy groups -OCH3 is 3. The SMILES string of the molecule is CCO[C@@H]1C[C@@H]([C@H](C)C[C@@H]2CC[C@@H](O)[C@H](OC)C2)OC(=O)[C@@H]2CCCCN2C(=O)C(=O)[C@]2(O)O[C@@H](CC[C@H]2C)C[C@H](OC)/C(C)=C/C=C/C=C/[C@@H](C)C[C@@H](C)C(=NOCc2cn(CCOCCOCCOCCOCCOCCOCCOCC(=O)NCCCCn3nc(-c4ccc5oc(N)nc5c4)c4c(N)ncnc43)nn2)[C@H](OC)[C@H](O)/C(C)=C/[C@H]1C. The van der Waals surface area contributed by atoms with E-state index in [0.29, 0.717) is 220 Å². The summed E-state index contributed by atoms with van der Waals surface area (Å²) in [5.41, 5.74) is 17.7. The van der Waals surface area contributed by atoms with Gasteiger partial charge < -0.3 is 108 Å². The highest BCUT2D eigenvalue weighted by atomic mass is 16.6. The zero-order valence-electron chi connectivity index (χ0n) is 73.8. The molecule has 3 fully saturated rings. The number of esters is 1. The molecule has 35 heteroatoms. The lowest BCUT2D eigenvalue weighted by Gasteiger charge is -2.43. The number of ether oxygens (including phenoxy) is 13. The number of ketones is 1. The molecule has 35 nitrogen and oxygen atoms in total. The van der Waals surface area contributed by atoms with Crippen molar-refractivity contribution in [3.63, 3.8) is 0 Å². The Morgan fingerprint density at radius 1 is 0.772 bits per heavy atom. The van der Waals surface area contributed by atoms with Gasteiger partial charge in [-0.05, 0) is 145 Å². The number of carbonyl (C=O) groups excluding carboxylic acids is 4. The maximum absolute atomic E-state index is 14.9. The largest absolute Gasteiger partial charge is 0.460 e. The van der Waals surface area contributed by atoms with Crippen LogP contribution in [0, 0.1) is 35.5 Å². The number of nitrogen functional groups attached to an aromatic ring is 2. The second-order valence-electron chi connectivity index (χ2n) is 32.6. The Balaban J connectivity index is 0.682. The number of benzene rings is 1. The monoisotopic (exact) mass is 1730 g/mol. The fourth-order valence-corrected chi connectivity index (χ4v) is 16.3. The van der Waals surface area contributed by atoms with Crippen LogP contribution in [0.4, 0.5) is 11.8 Å². The summed E-state index contributed by atoms with van der Waals surface area (Å²) in [4.78, 5) is 76.7. The van der Waals surface area contributed by atoms with E-state index in [0.717, 1.165) is 24.0 Å². The third-order valence-electron chi connectivity index (χ3n) is 23.3. The number of carbonyl (C=O) groups is 4. The smallest absolute Gasteiger partial charge is 0.329 e. The Morgan fingerprint density at radius 3 is 2.17 bits per heavy atom. The van der Waals surface area contributed by atoms with Crippen molar-refractivity contribution in [3.05, 3.63) is 84.0 Å². The van der Waals surface area contributed by atoms with Gasteiger partial charge in [0.05, 0.1) is 140 Å². The molecule has 684 valence electrons. The number of nitrogens with two attached hydrogens (primary N) is 2. The van der Waals surface area contributed by atoms with E-state index in [9.17, 15) is 34.5 Å². The van der Waals surface area contributed by atoms with Gasteiger partial charge in [0, 0.05) is 83.7 Å². The normalized spacial score (nSPS) is 27.9. The molecule has 2 amide bonds. The van der Waals surface area contributed by atoms with E-state index >= 15 is 0 Å². The van der Waals surface area contributed by atoms with E-state index in [-0.39, 0.29) is 86.8 Å². The number of allylic oxidation sites excluding steroid dienone is 5. The second-order valence-corrected chi connectivity index (χ2v) is 32.6. The van der Waals surface area contributed by atoms with Crippen molar-refractivity contribution < 1.29 is 105 Å². The van der Waals surface area contributed by atoms with Crippen LogP contribution >= 0.6 is 0 Å². The zero-order valence-corrected chi connectivity index (χ0v) is 73.8. The van der Waals surface area contributed by atoms with Crippen molar-refractivity contribution in [3.8, 4) is 11.3 Å². The molecule has 9 rings (SSSR count). The minimum Gasteiger partial charge on any atom is -0.460 e. The molecule has 1 aliphatic carbocycles. The number of hydrogen-bond donors (Lipinski definition) is 6. The number of rotatable bonds is 40. The van der Waals surface area contributed by atoms with Crippen LogP contribution in [-0.2, 0) is 105 Å². The van der Waals surface area contributed by atoms with Gasteiger partial charge in [-0.1, -0.05) is 81.4 Å². The van der Waals surface area contributed by atoms with Gasteiger partial charge in [-0.3, -0.25) is 14.4 Å². The second kappa shape index (κ2) is 51.5. The van der Waals surface area contributed by atoms with Crippen LogP contribution < -0.4 is 16.8 Å². The number of oxazole rings is 1. The molecule has 8 N–H and O–H groups in total. The number of aryl methyl sites for hydroxylation is 1. The average molecular weight is 1730 g/mol. The number of Topliss-reactive ketones (excluding diaryl/α,β-unsaturated/α-hetero) is 1. The van der Waals surface area contributed by atoms with Gasteiger partial charge in [-0.15, -0.1) is 5.10 Å². The summed E-state index contributed by atoms with van der Waals surface area (Å²) in [6.07, 6.45) is 17.0. The van der Waals surface area contributed by atoms with E-state index < -0.39 is 78.1 Å². The van der Waals surface area contributed by atoms with Crippen molar-refractivity contribution in [2.75, 3.05) is 145 Å². The number of amides is 2. The third kappa shape index (κ3) is 30.0. The Labute approximate surface area is 721 Å². The fraction of sp³-hybridized carbons (Fsp3) is 0.693. The molecule has 2 saturated heterocycles. The summed E-state index contributed by atoms with van der Waals surface area (Å²) in [6, 6.07) is 4.45. The summed E-state index contributed by atoms with van der Waals surface area (Å²) in [7, 11) is 4.73. The number of unbranched alkanes of at least 4 members (excludes halogenated alkanes) is 1. The minimum atomic E-state index is -2.44. The van der Waals surface area contributed by atoms with Gasteiger partial charge in [0.2, 0.25) is 11.7 Å². The molecule has 7 heterocycles. The van der Waals surface area contributed by atoms with Crippen molar-refractivity contribution in [1.29, 1.82) is 0 Å². The molecule has 123 heavy (non-hydrogen) atoms. The predicted octanol–water partition coefficient (Wildman–Crippen LogP) is 8.44. The number of aromatic nitrogens is 8. The van der Waals surface area contributed by atoms with Gasteiger partial charge >= 0.3 is 5.97 Å². The quantitative estimate of drug-likeness (QED) is 0.00704. The minimum absolute atomic E-state index is 0.0201. The molecule has 0 radical (unpaired) electrons. The molecule has 0 unspecified atom stereocenters. The van der Waals surface area contributed by atoms with Gasteiger partial charge in [0.25, 0.3) is 17.7 Å². The number of aliphatic hydroxyl groups is 3. The van der Waals surface area contributed by atoms with Crippen LogP contribution in [-0.4, -0.2) is 283 Å². The van der Waals surface area contributed by atoms with Crippen molar-refractivity contribution >= 4 is 63.2 Å². The highest BCUT2D eigenvalue weighted by Crippen LogP contribution is 2.40. The zero-order chi connectivity index (χ0) is 88.2. The fourth-order valence-electron chi connectivity index (χ4n) is 16.3. The Bertz CT molecular complexity index is 4210. The van der Waals surface area contributed by atoms with E-state index in [4.69, 9.17) is 92.6 Å². The van der Waals surface area contributed by atoms with Crippen LogP contribution in [0.2, 0.25) is 0 Å². The number of nitrogens with zero attached hydrogens (tertiary/aromatic N) is 10. The van der Waals surface area contributed by atoms with Gasteiger partial charge in [-0.25, -0.2) is 24.1 Å². The standard InChI is InChI=1S/C88H135N13O22/c1-12-119-73-52-74(60(5)48-64-24-27-70(102)75(49-64)110-10)121-86(107)69-22-16-18-30-100(69)85(106)82(105)88(108)63(8)23-26-67(123-88)51-72(109-9)58(3)21-15-13-14-20-57(2)46-61(6)78(81(111-11)80(104)62(7)47-59(73)4)97-120-54-66-53-99(98-95-66)32-33-112-34-35-113-36-37-114-38-39-115-40-41-116-42-43-117-44-45-118-55-76(103)91-29-17-19-31-101-84-77(83(89)92-56-93-84)79(96-101)65-25-28-71-68(50-65)94-87(90)122-71/h13-15,20-21,25,28,47,50,53,56-57,59-61,63-64,67,69-70,72-75,80-81,102,104,108H,12,16-19,22-24,26-27,29-46,48-49,51-52,54-55H2,1-11H3,(H2,90,94)(H,91,103)(H2,89,92,93)/b15-13+,20-14+,58-21+,62-47+,97-78?/t57-,59-,60-,61-,63-,64+,67+,69+,70-,72+,73-,74+,75-,80-,81+,88-/m1/s1. The molecule has 3 aliphatic heterocycles. The Hall–Kier alpha value is -8.11. The topological polar surface area (TPSA) is 438 Å². The molecular weight excluding hydrogens is 1590 g/mol. The maximum atomic E-state index is 14.9. The van der Waals surface area contributed by atoms with E-state index in [2.05, 4.69) is 43.6 Å². The lowest BCUT2D eigenvalue weighted by atomic mass is 9.78. The van der Waals surface area contributed by atoms with E-state index in [1.807, 2.05) is 84.1 Å². The van der Waals surface area contributed by atoms with Crippen LogP contribution in [0.1, 0.15) is 151 Å².